The number of hydrogen-bond donors (Lipinski definition) is 0. The molecule has 0 aliphatic carbocycles. The van der Waals surface area contributed by atoms with Gasteiger partial charge in [-0.15, -0.1) is 0 Å². The Bertz CT molecular complexity index is 1000. The molecule has 0 N–H and O–H groups in total. The van der Waals surface area contributed by atoms with Crippen molar-refractivity contribution < 1.29 is 23.9 Å². The average molecular weight is 408 g/mol. The predicted octanol–water partition coefficient (Wildman–Crippen LogP) is 3.92. The molecule has 7 nitrogen and oxygen atoms in total. The third kappa shape index (κ3) is 3.66. The SMILES string of the molecule is CCOC(=O)C1=C(C)N(C)C(=O)N(c2ccccc2C(=O)OC)C1c1ccccc1. The molecule has 1 aliphatic heterocycles. The van der Waals surface area contributed by atoms with Crippen LogP contribution in [0.4, 0.5) is 10.5 Å². The first-order valence-corrected chi connectivity index (χ1v) is 9.59. The van der Waals surface area contributed by atoms with Gasteiger partial charge in [-0.3, -0.25) is 4.90 Å². The summed E-state index contributed by atoms with van der Waals surface area (Å²) in [5.41, 5.74) is 2.14. The first-order chi connectivity index (χ1) is 14.4. The van der Waals surface area contributed by atoms with E-state index in [2.05, 4.69) is 0 Å². The van der Waals surface area contributed by atoms with E-state index in [1.54, 1.807) is 45.2 Å². The normalized spacial score (nSPS) is 16.5. The van der Waals surface area contributed by atoms with Gasteiger partial charge in [-0.05, 0) is 31.5 Å². The third-order valence-electron chi connectivity index (χ3n) is 5.10. The van der Waals surface area contributed by atoms with Crippen LogP contribution in [0.25, 0.3) is 0 Å². The number of benzene rings is 2. The molecule has 0 radical (unpaired) electrons. The van der Waals surface area contributed by atoms with Gasteiger partial charge in [0, 0.05) is 12.7 Å². The Labute approximate surface area is 175 Å². The topological polar surface area (TPSA) is 76.2 Å². The number of rotatable bonds is 5. The van der Waals surface area contributed by atoms with Gasteiger partial charge in [0.2, 0.25) is 0 Å². The van der Waals surface area contributed by atoms with Crippen molar-refractivity contribution in [2.24, 2.45) is 0 Å². The Balaban J connectivity index is 2.30. The summed E-state index contributed by atoms with van der Waals surface area (Å²) in [6.07, 6.45) is 0. The van der Waals surface area contributed by atoms with Crippen molar-refractivity contribution >= 4 is 23.7 Å². The van der Waals surface area contributed by atoms with Crippen LogP contribution in [0.15, 0.2) is 65.9 Å². The minimum Gasteiger partial charge on any atom is -0.465 e. The summed E-state index contributed by atoms with van der Waals surface area (Å²) in [5, 5.41) is 0. The molecule has 0 fully saturated rings. The lowest BCUT2D eigenvalue weighted by Gasteiger charge is -2.42. The molecule has 0 saturated heterocycles. The lowest BCUT2D eigenvalue weighted by molar-refractivity contribution is -0.139. The van der Waals surface area contributed by atoms with Crippen molar-refractivity contribution in [2.45, 2.75) is 19.9 Å². The van der Waals surface area contributed by atoms with Crippen molar-refractivity contribution in [2.75, 3.05) is 25.7 Å². The van der Waals surface area contributed by atoms with Gasteiger partial charge in [0.25, 0.3) is 0 Å². The second-order valence-electron chi connectivity index (χ2n) is 6.75. The Hall–Kier alpha value is -3.61. The number of ether oxygens (including phenoxy) is 2. The maximum absolute atomic E-state index is 13.4. The molecule has 156 valence electrons. The van der Waals surface area contributed by atoms with Gasteiger partial charge < -0.3 is 14.4 Å². The molecule has 2 amide bonds. The molecule has 1 heterocycles. The van der Waals surface area contributed by atoms with Crippen LogP contribution in [-0.4, -0.2) is 43.6 Å². The molecule has 2 aromatic carbocycles. The fraction of sp³-hybridized carbons (Fsp3) is 0.261. The number of methoxy groups -OCH3 is 1. The number of allylic oxidation sites excluding steroid dienone is 1. The fourth-order valence-corrected chi connectivity index (χ4v) is 3.55. The largest absolute Gasteiger partial charge is 0.465 e. The van der Waals surface area contributed by atoms with Crippen LogP contribution >= 0.6 is 0 Å². The number of nitrogens with zero attached hydrogens (tertiary/aromatic N) is 2. The van der Waals surface area contributed by atoms with E-state index in [4.69, 9.17) is 9.47 Å². The number of anilines is 1. The summed E-state index contributed by atoms with van der Waals surface area (Å²) >= 11 is 0. The lowest BCUT2D eigenvalue weighted by atomic mass is 9.92. The third-order valence-corrected chi connectivity index (χ3v) is 5.10. The van der Waals surface area contributed by atoms with Crippen molar-refractivity contribution in [3.8, 4) is 0 Å². The number of esters is 2. The lowest BCUT2D eigenvalue weighted by Crippen LogP contribution is -2.50. The minimum atomic E-state index is -0.764. The van der Waals surface area contributed by atoms with Gasteiger partial charge in [0.15, 0.2) is 0 Å². The molecule has 1 unspecified atom stereocenters. The highest BCUT2D eigenvalue weighted by atomic mass is 16.5. The highest BCUT2D eigenvalue weighted by molar-refractivity contribution is 6.06. The first-order valence-electron chi connectivity index (χ1n) is 9.59. The summed E-state index contributed by atoms with van der Waals surface area (Å²) in [7, 11) is 2.87. The molecular weight excluding hydrogens is 384 g/mol. The molecule has 3 rings (SSSR count). The number of urea groups is 1. The summed E-state index contributed by atoms with van der Waals surface area (Å²) in [5.74, 6) is -1.08. The zero-order valence-corrected chi connectivity index (χ0v) is 17.4. The van der Waals surface area contributed by atoms with E-state index < -0.39 is 18.0 Å². The van der Waals surface area contributed by atoms with Crippen molar-refractivity contribution in [3.05, 3.63) is 77.0 Å². The molecule has 0 aromatic heterocycles. The first kappa shape index (κ1) is 21.1. The summed E-state index contributed by atoms with van der Waals surface area (Å²) in [4.78, 5) is 41.6. The maximum Gasteiger partial charge on any atom is 0.339 e. The zero-order chi connectivity index (χ0) is 21.8. The molecule has 0 spiro atoms. The van der Waals surface area contributed by atoms with E-state index in [1.807, 2.05) is 30.3 Å². The molecule has 7 heteroatoms. The molecule has 2 aromatic rings. The Kier molecular flexibility index (Phi) is 6.20. The van der Waals surface area contributed by atoms with E-state index in [9.17, 15) is 14.4 Å². The molecule has 0 saturated carbocycles. The second-order valence-corrected chi connectivity index (χ2v) is 6.75. The Morgan fingerprint density at radius 1 is 1.00 bits per heavy atom. The van der Waals surface area contributed by atoms with Crippen molar-refractivity contribution in [3.63, 3.8) is 0 Å². The second kappa shape index (κ2) is 8.82. The minimum absolute atomic E-state index is 0.202. The highest BCUT2D eigenvalue weighted by Gasteiger charge is 2.43. The smallest absolute Gasteiger partial charge is 0.339 e. The Morgan fingerprint density at radius 3 is 2.27 bits per heavy atom. The fourth-order valence-electron chi connectivity index (χ4n) is 3.55. The van der Waals surface area contributed by atoms with Crippen LogP contribution in [0.3, 0.4) is 0 Å². The van der Waals surface area contributed by atoms with Gasteiger partial charge >= 0.3 is 18.0 Å². The summed E-state index contributed by atoms with van der Waals surface area (Å²) in [6, 6.07) is 14.7. The molecule has 0 bridgehead atoms. The molecule has 1 aliphatic rings. The van der Waals surface area contributed by atoms with E-state index in [-0.39, 0.29) is 18.2 Å². The van der Waals surface area contributed by atoms with E-state index >= 15 is 0 Å². The van der Waals surface area contributed by atoms with E-state index in [1.165, 1.54) is 16.9 Å². The van der Waals surface area contributed by atoms with Gasteiger partial charge in [0.1, 0.15) is 0 Å². The van der Waals surface area contributed by atoms with Crippen LogP contribution in [0, 0.1) is 0 Å². The molecule has 30 heavy (non-hydrogen) atoms. The van der Waals surface area contributed by atoms with Crippen molar-refractivity contribution in [1.82, 2.24) is 4.90 Å². The van der Waals surface area contributed by atoms with Crippen LogP contribution < -0.4 is 4.90 Å². The van der Waals surface area contributed by atoms with Gasteiger partial charge in [0.05, 0.1) is 36.6 Å². The summed E-state index contributed by atoms with van der Waals surface area (Å²) in [6.45, 7) is 3.64. The quantitative estimate of drug-likeness (QED) is 0.701. The highest BCUT2D eigenvalue weighted by Crippen LogP contribution is 2.41. The van der Waals surface area contributed by atoms with E-state index in [0.29, 0.717) is 17.0 Å². The van der Waals surface area contributed by atoms with Gasteiger partial charge in [-0.25, -0.2) is 14.4 Å². The number of carbonyl (C=O) groups is 3. The van der Waals surface area contributed by atoms with Gasteiger partial charge in [-0.2, -0.15) is 0 Å². The monoisotopic (exact) mass is 408 g/mol. The molecule has 1 atom stereocenters. The van der Waals surface area contributed by atoms with Crippen molar-refractivity contribution in [1.29, 1.82) is 0 Å². The van der Waals surface area contributed by atoms with E-state index in [0.717, 1.165) is 5.56 Å². The number of carbonyl (C=O) groups excluding carboxylic acids is 3. The number of hydrogen-bond acceptors (Lipinski definition) is 5. The number of amides is 2. The molecular formula is C23H24N2O5. The standard InChI is InChI=1S/C23H24N2O5/c1-5-30-22(27)19-15(2)24(3)23(28)25(20(19)16-11-7-6-8-12-16)18-14-10-9-13-17(18)21(26)29-4/h6-14,20H,5H2,1-4H3. The predicted molar refractivity (Wildman–Crippen MR) is 112 cm³/mol. The summed E-state index contributed by atoms with van der Waals surface area (Å²) < 4.78 is 10.2. The van der Waals surface area contributed by atoms with Gasteiger partial charge in [-0.1, -0.05) is 42.5 Å². The van der Waals surface area contributed by atoms with Crippen LogP contribution in [-0.2, 0) is 14.3 Å². The van der Waals surface area contributed by atoms with Crippen LogP contribution in [0.2, 0.25) is 0 Å². The average Bonchev–Trinajstić information content (AvgIpc) is 2.77. The maximum atomic E-state index is 13.4. The Morgan fingerprint density at radius 2 is 1.63 bits per heavy atom. The van der Waals surface area contributed by atoms with Crippen LogP contribution in [0.1, 0.15) is 35.8 Å². The van der Waals surface area contributed by atoms with Crippen LogP contribution in [0.5, 0.6) is 0 Å². The number of para-hydroxylation sites is 1. The zero-order valence-electron chi connectivity index (χ0n) is 17.4.